The summed E-state index contributed by atoms with van der Waals surface area (Å²) in [7, 11) is 1.21. The zero-order valence-corrected chi connectivity index (χ0v) is 9.16. The van der Waals surface area contributed by atoms with E-state index in [1.54, 1.807) is 0 Å². The second-order valence-corrected chi connectivity index (χ2v) is 3.59. The highest BCUT2D eigenvalue weighted by molar-refractivity contribution is 6.34. The van der Waals surface area contributed by atoms with E-state index in [-0.39, 0.29) is 6.42 Å². The van der Waals surface area contributed by atoms with Gasteiger partial charge in [-0.05, 0) is 19.4 Å². The summed E-state index contributed by atoms with van der Waals surface area (Å²) in [5, 5.41) is 0. The molecule has 0 aliphatic carbocycles. The molecule has 1 aromatic carbocycles. The number of benzene rings is 1. The van der Waals surface area contributed by atoms with Gasteiger partial charge in [0, 0.05) is 6.42 Å². The summed E-state index contributed by atoms with van der Waals surface area (Å²) in [6.07, 6.45) is 0.106. The van der Waals surface area contributed by atoms with Crippen molar-refractivity contribution >= 4 is 11.8 Å². The highest BCUT2D eigenvalue weighted by Gasteiger charge is 2.14. The highest BCUT2D eigenvalue weighted by atomic mass is 16.5. The Labute approximate surface area is 89.1 Å². The van der Waals surface area contributed by atoms with E-state index in [0.717, 1.165) is 16.7 Å². The van der Waals surface area contributed by atoms with Gasteiger partial charge < -0.3 is 4.74 Å². The van der Waals surface area contributed by atoms with Gasteiger partial charge in [0.2, 0.25) is 5.78 Å². The fourth-order valence-corrected chi connectivity index (χ4v) is 1.54. The van der Waals surface area contributed by atoms with Gasteiger partial charge in [0.25, 0.3) is 0 Å². The van der Waals surface area contributed by atoms with Crippen LogP contribution in [0.25, 0.3) is 0 Å². The van der Waals surface area contributed by atoms with Crippen LogP contribution in [0.15, 0.2) is 18.2 Å². The Morgan fingerprint density at radius 2 is 1.67 bits per heavy atom. The SMILES string of the molecule is COC(=O)C(=O)Cc1cc(C)cc(C)c1. The maximum atomic E-state index is 11.3. The fraction of sp³-hybridized carbons (Fsp3) is 0.333. The van der Waals surface area contributed by atoms with Crippen molar-refractivity contribution in [2.24, 2.45) is 0 Å². The van der Waals surface area contributed by atoms with Gasteiger partial charge in [0.05, 0.1) is 7.11 Å². The van der Waals surface area contributed by atoms with Crippen molar-refractivity contribution in [1.29, 1.82) is 0 Å². The summed E-state index contributed by atoms with van der Waals surface area (Å²) in [5.41, 5.74) is 3.02. The summed E-state index contributed by atoms with van der Waals surface area (Å²) < 4.78 is 4.36. The zero-order chi connectivity index (χ0) is 11.4. The maximum Gasteiger partial charge on any atom is 0.374 e. The molecule has 0 saturated carbocycles. The second kappa shape index (κ2) is 4.73. The van der Waals surface area contributed by atoms with Gasteiger partial charge in [-0.15, -0.1) is 0 Å². The number of aryl methyl sites for hydroxylation is 2. The normalized spacial score (nSPS) is 9.80. The average molecular weight is 206 g/mol. The topological polar surface area (TPSA) is 43.4 Å². The van der Waals surface area contributed by atoms with E-state index in [9.17, 15) is 9.59 Å². The molecule has 0 radical (unpaired) electrons. The molecule has 0 aromatic heterocycles. The molecule has 0 heterocycles. The molecule has 1 rings (SSSR count). The lowest BCUT2D eigenvalue weighted by atomic mass is 10.0. The monoisotopic (exact) mass is 206 g/mol. The molecular weight excluding hydrogens is 192 g/mol. The van der Waals surface area contributed by atoms with Crippen molar-refractivity contribution < 1.29 is 14.3 Å². The van der Waals surface area contributed by atoms with Gasteiger partial charge in [-0.3, -0.25) is 4.79 Å². The molecule has 0 atom stereocenters. The van der Waals surface area contributed by atoms with Crippen molar-refractivity contribution in [2.75, 3.05) is 7.11 Å². The largest absolute Gasteiger partial charge is 0.463 e. The molecule has 0 amide bonds. The Hall–Kier alpha value is -1.64. The lowest BCUT2D eigenvalue weighted by Crippen LogP contribution is -2.17. The molecule has 0 saturated heterocycles. The van der Waals surface area contributed by atoms with E-state index in [4.69, 9.17) is 0 Å². The van der Waals surface area contributed by atoms with Crippen LogP contribution in [-0.4, -0.2) is 18.9 Å². The van der Waals surface area contributed by atoms with Gasteiger partial charge in [-0.1, -0.05) is 29.3 Å². The minimum Gasteiger partial charge on any atom is -0.463 e. The first-order chi connectivity index (χ1) is 7.02. The van der Waals surface area contributed by atoms with Gasteiger partial charge in [-0.2, -0.15) is 0 Å². The average Bonchev–Trinajstić information content (AvgIpc) is 2.14. The number of ether oxygens (including phenoxy) is 1. The number of hydrogen-bond acceptors (Lipinski definition) is 3. The van der Waals surface area contributed by atoms with E-state index >= 15 is 0 Å². The van der Waals surface area contributed by atoms with Crippen LogP contribution in [0.2, 0.25) is 0 Å². The van der Waals surface area contributed by atoms with Gasteiger partial charge in [0.1, 0.15) is 0 Å². The first kappa shape index (κ1) is 11.4. The van der Waals surface area contributed by atoms with E-state index in [2.05, 4.69) is 4.74 Å². The standard InChI is InChI=1S/C12H14O3/c1-8-4-9(2)6-10(5-8)7-11(13)12(14)15-3/h4-6H,7H2,1-3H3. The van der Waals surface area contributed by atoms with Crippen LogP contribution in [-0.2, 0) is 20.7 Å². The summed E-state index contributed by atoms with van der Waals surface area (Å²) in [6.45, 7) is 3.91. The van der Waals surface area contributed by atoms with Crippen LogP contribution in [0.5, 0.6) is 0 Å². The van der Waals surface area contributed by atoms with Crippen LogP contribution in [0.3, 0.4) is 0 Å². The molecule has 80 valence electrons. The number of esters is 1. The van der Waals surface area contributed by atoms with Crippen LogP contribution in [0, 0.1) is 13.8 Å². The minimum atomic E-state index is -0.783. The molecule has 0 aliphatic rings. The van der Waals surface area contributed by atoms with Crippen molar-refractivity contribution in [2.45, 2.75) is 20.3 Å². The molecule has 0 unspecified atom stereocenters. The predicted octanol–water partition coefficient (Wildman–Crippen LogP) is 1.59. The van der Waals surface area contributed by atoms with Gasteiger partial charge in [-0.25, -0.2) is 4.79 Å². The van der Waals surface area contributed by atoms with E-state index in [0.29, 0.717) is 0 Å². The van der Waals surface area contributed by atoms with Crippen molar-refractivity contribution in [1.82, 2.24) is 0 Å². The first-order valence-corrected chi connectivity index (χ1v) is 4.71. The maximum absolute atomic E-state index is 11.3. The number of carbonyl (C=O) groups is 2. The molecule has 0 bridgehead atoms. The van der Waals surface area contributed by atoms with E-state index < -0.39 is 11.8 Å². The van der Waals surface area contributed by atoms with Crippen LogP contribution in [0.1, 0.15) is 16.7 Å². The highest BCUT2D eigenvalue weighted by Crippen LogP contribution is 2.09. The number of hydrogen-bond donors (Lipinski definition) is 0. The first-order valence-electron chi connectivity index (χ1n) is 4.71. The quantitative estimate of drug-likeness (QED) is 0.557. The lowest BCUT2D eigenvalue weighted by Gasteiger charge is -2.03. The summed E-state index contributed by atoms with van der Waals surface area (Å²) >= 11 is 0. The molecule has 0 spiro atoms. The number of carbonyl (C=O) groups excluding carboxylic acids is 2. The Morgan fingerprint density at radius 1 is 1.13 bits per heavy atom. The lowest BCUT2D eigenvalue weighted by molar-refractivity contribution is -0.151. The van der Waals surface area contributed by atoms with Gasteiger partial charge >= 0.3 is 5.97 Å². The number of methoxy groups -OCH3 is 1. The molecule has 15 heavy (non-hydrogen) atoms. The molecular formula is C12H14O3. The van der Waals surface area contributed by atoms with Crippen LogP contribution >= 0.6 is 0 Å². The molecule has 1 aromatic rings. The number of ketones is 1. The summed E-state index contributed by atoms with van der Waals surface area (Å²) in [4.78, 5) is 22.2. The molecule has 0 aliphatic heterocycles. The van der Waals surface area contributed by atoms with Crippen molar-refractivity contribution in [3.63, 3.8) is 0 Å². The van der Waals surface area contributed by atoms with E-state index in [1.807, 2.05) is 32.0 Å². The number of rotatable bonds is 3. The molecule has 0 N–H and O–H groups in total. The third-order valence-corrected chi connectivity index (χ3v) is 2.06. The predicted molar refractivity (Wildman–Crippen MR) is 56.6 cm³/mol. The Balaban J connectivity index is 2.81. The Morgan fingerprint density at radius 3 is 2.13 bits per heavy atom. The smallest absolute Gasteiger partial charge is 0.374 e. The fourth-order valence-electron chi connectivity index (χ4n) is 1.54. The molecule has 3 nitrogen and oxygen atoms in total. The number of Topliss-reactive ketones (excluding diaryl/α,β-unsaturated/α-hetero) is 1. The molecule has 3 heteroatoms. The van der Waals surface area contributed by atoms with Crippen LogP contribution in [0.4, 0.5) is 0 Å². The second-order valence-electron chi connectivity index (χ2n) is 3.59. The molecule has 0 fully saturated rings. The zero-order valence-electron chi connectivity index (χ0n) is 9.16. The van der Waals surface area contributed by atoms with E-state index in [1.165, 1.54) is 7.11 Å². The van der Waals surface area contributed by atoms with Crippen molar-refractivity contribution in [3.05, 3.63) is 34.9 Å². The van der Waals surface area contributed by atoms with Crippen LogP contribution < -0.4 is 0 Å². The summed E-state index contributed by atoms with van der Waals surface area (Å²) in [6, 6.07) is 5.81. The minimum absolute atomic E-state index is 0.106. The third-order valence-electron chi connectivity index (χ3n) is 2.06. The Kier molecular flexibility index (Phi) is 3.61. The third kappa shape index (κ3) is 3.20. The van der Waals surface area contributed by atoms with Gasteiger partial charge in [0.15, 0.2) is 0 Å². The van der Waals surface area contributed by atoms with Crippen molar-refractivity contribution in [3.8, 4) is 0 Å². The summed E-state index contributed by atoms with van der Waals surface area (Å²) in [5.74, 6) is -1.29. The Bertz CT molecular complexity index is 374.